The summed E-state index contributed by atoms with van der Waals surface area (Å²) in [5.74, 6) is 2.30. The molecule has 0 aliphatic carbocycles. The van der Waals surface area contributed by atoms with Crippen LogP contribution in [0.1, 0.15) is 42.1 Å². The highest BCUT2D eigenvalue weighted by atomic mass is 32.1. The van der Waals surface area contributed by atoms with Crippen LogP contribution in [0.15, 0.2) is 18.2 Å². The molecule has 1 atom stereocenters. The lowest BCUT2D eigenvalue weighted by Crippen LogP contribution is -2.26. The van der Waals surface area contributed by atoms with Crippen molar-refractivity contribution in [1.29, 1.82) is 0 Å². The maximum atomic E-state index is 10.9. The number of fused-ring (bicyclic) bond motifs is 1. The number of aryl methyl sites for hydroxylation is 1. The summed E-state index contributed by atoms with van der Waals surface area (Å²) in [7, 11) is 3.27. The maximum absolute atomic E-state index is 10.9. The molecule has 3 aromatic rings. The Kier molecular flexibility index (Phi) is 4.92. The van der Waals surface area contributed by atoms with E-state index in [1.807, 2.05) is 25.1 Å². The predicted octanol–water partition coefficient (Wildman–Crippen LogP) is 3.26. The summed E-state index contributed by atoms with van der Waals surface area (Å²) in [6, 6.07) is 5.89. The molecule has 0 radical (unpaired) electrons. The van der Waals surface area contributed by atoms with Crippen molar-refractivity contribution in [3.05, 3.63) is 34.5 Å². The standard InChI is InChI=1S/C19H24N4O3S/c1-4-15-20-19-23(21-15)18(24)17(27-19)16(22-9-5-6-10-22)12-7-8-13(25-2)14(11-12)26-3/h7-8,11,16,24H,4-6,9-10H2,1-3H3/t16-/m0/s1. The van der Waals surface area contributed by atoms with Gasteiger partial charge in [0.15, 0.2) is 17.3 Å². The number of aromatic hydroxyl groups is 1. The molecule has 0 amide bonds. The summed E-state index contributed by atoms with van der Waals surface area (Å²) in [5.41, 5.74) is 1.06. The molecule has 1 aliphatic rings. The van der Waals surface area contributed by atoms with E-state index in [2.05, 4.69) is 15.0 Å². The van der Waals surface area contributed by atoms with Crippen molar-refractivity contribution in [2.45, 2.75) is 32.2 Å². The van der Waals surface area contributed by atoms with Gasteiger partial charge in [-0.2, -0.15) is 4.52 Å². The van der Waals surface area contributed by atoms with Crippen LogP contribution in [0.4, 0.5) is 0 Å². The summed E-state index contributed by atoms with van der Waals surface area (Å²) in [6.07, 6.45) is 3.06. The largest absolute Gasteiger partial charge is 0.493 e. The minimum Gasteiger partial charge on any atom is -0.493 e. The second-order valence-electron chi connectivity index (χ2n) is 6.63. The third-order valence-electron chi connectivity index (χ3n) is 5.04. The van der Waals surface area contributed by atoms with Crippen molar-refractivity contribution < 1.29 is 14.6 Å². The van der Waals surface area contributed by atoms with Gasteiger partial charge in [-0.05, 0) is 43.6 Å². The molecule has 7 nitrogen and oxygen atoms in total. The van der Waals surface area contributed by atoms with Gasteiger partial charge in [-0.25, -0.2) is 4.98 Å². The van der Waals surface area contributed by atoms with Crippen molar-refractivity contribution in [1.82, 2.24) is 19.5 Å². The number of thiazole rings is 1. The summed E-state index contributed by atoms with van der Waals surface area (Å²) < 4.78 is 12.4. The van der Waals surface area contributed by atoms with Crippen LogP contribution in [-0.2, 0) is 6.42 Å². The lowest BCUT2D eigenvalue weighted by molar-refractivity contribution is 0.275. The molecule has 27 heavy (non-hydrogen) atoms. The van der Waals surface area contributed by atoms with E-state index in [0.717, 1.165) is 53.6 Å². The van der Waals surface area contributed by atoms with Gasteiger partial charge in [-0.15, -0.1) is 5.10 Å². The highest BCUT2D eigenvalue weighted by molar-refractivity contribution is 7.17. The van der Waals surface area contributed by atoms with Crippen LogP contribution in [0.2, 0.25) is 0 Å². The Labute approximate surface area is 162 Å². The maximum Gasteiger partial charge on any atom is 0.230 e. The topological polar surface area (TPSA) is 72.1 Å². The van der Waals surface area contributed by atoms with Crippen LogP contribution < -0.4 is 9.47 Å². The number of aromatic nitrogens is 3. The van der Waals surface area contributed by atoms with E-state index in [1.165, 1.54) is 11.3 Å². The molecule has 0 unspecified atom stereocenters. The fourth-order valence-electron chi connectivity index (χ4n) is 3.67. The van der Waals surface area contributed by atoms with Gasteiger partial charge in [0, 0.05) is 6.42 Å². The second-order valence-corrected chi connectivity index (χ2v) is 7.64. The van der Waals surface area contributed by atoms with Gasteiger partial charge >= 0.3 is 0 Å². The van der Waals surface area contributed by atoms with Crippen molar-refractivity contribution in [2.75, 3.05) is 27.3 Å². The zero-order chi connectivity index (χ0) is 19.0. The molecule has 8 heteroatoms. The van der Waals surface area contributed by atoms with Crippen LogP contribution in [0, 0.1) is 0 Å². The molecule has 1 saturated heterocycles. The molecule has 3 heterocycles. The first-order valence-electron chi connectivity index (χ1n) is 9.19. The monoisotopic (exact) mass is 388 g/mol. The summed E-state index contributed by atoms with van der Waals surface area (Å²) in [6.45, 7) is 3.99. The van der Waals surface area contributed by atoms with E-state index in [-0.39, 0.29) is 11.9 Å². The number of methoxy groups -OCH3 is 2. The van der Waals surface area contributed by atoms with Crippen molar-refractivity contribution >= 4 is 16.3 Å². The number of rotatable bonds is 6. The van der Waals surface area contributed by atoms with Gasteiger partial charge in [0.2, 0.25) is 10.8 Å². The van der Waals surface area contributed by atoms with Gasteiger partial charge < -0.3 is 14.6 Å². The van der Waals surface area contributed by atoms with Crippen molar-refractivity contribution in [3.8, 4) is 17.4 Å². The fraction of sp³-hybridized carbons (Fsp3) is 0.474. The highest BCUT2D eigenvalue weighted by Gasteiger charge is 2.31. The summed E-state index contributed by atoms with van der Waals surface area (Å²) in [4.78, 5) is 8.51. The highest BCUT2D eigenvalue weighted by Crippen LogP contribution is 2.43. The Morgan fingerprint density at radius 3 is 2.56 bits per heavy atom. The molecular weight excluding hydrogens is 364 g/mol. The number of likely N-dealkylation sites (tertiary alicyclic amines) is 1. The zero-order valence-corrected chi connectivity index (χ0v) is 16.6. The predicted molar refractivity (Wildman–Crippen MR) is 104 cm³/mol. The van der Waals surface area contributed by atoms with Crippen LogP contribution >= 0.6 is 11.3 Å². The minimum absolute atomic E-state index is 0.0640. The van der Waals surface area contributed by atoms with Crippen LogP contribution in [0.5, 0.6) is 17.4 Å². The van der Waals surface area contributed by atoms with E-state index in [1.54, 1.807) is 18.7 Å². The van der Waals surface area contributed by atoms with Crippen molar-refractivity contribution in [2.24, 2.45) is 0 Å². The van der Waals surface area contributed by atoms with E-state index in [4.69, 9.17) is 9.47 Å². The molecule has 1 aromatic carbocycles. The normalized spacial score (nSPS) is 16.1. The molecule has 0 spiro atoms. The minimum atomic E-state index is -0.0640. The molecule has 4 rings (SSSR count). The average molecular weight is 388 g/mol. The fourth-order valence-corrected chi connectivity index (χ4v) is 4.81. The summed E-state index contributed by atoms with van der Waals surface area (Å²) >= 11 is 1.50. The first-order valence-corrected chi connectivity index (χ1v) is 10.0. The third kappa shape index (κ3) is 3.12. The Morgan fingerprint density at radius 2 is 1.93 bits per heavy atom. The van der Waals surface area contributed by atoms with Gasteiger partial charge in [-0.3, -0.25) is 4.90 Å². The first kappa shape index (κ1) is 18.1. The smallest absolute Gasteiger partial charge is 0.230 e. The molecule has 2 aromatic heterocycles. The number of ether oxygens (including phenoxy) is 2. The van der Waals surface area contributed by atoms with Gasteiger partial charge in [0.05, 0.1) is 25.1 Å². The molecule has 144 valence electrons. The van der Waals surface area contributed by atoms with Gasteiger partial charge in [-0.1, -0.05) is 24.3 Å². The number of hydrogen-bond acceptors (Lipinski definition) is 7. The van der Waals surface area contributed by atoms with Gasteiger partial charge in [0.25, 0.3) is 0 Å². The summed E-state index contributed by atoms with van der Waals surface area (Å²) in [5, 5.41) is 15.3. The third-order valence-corrected chi connectivity index (χ3v) is 6.11. The molecule has 0 saturated carbocycles. The zero-order valence-electron chi connectivity index (χ0n) is 15.8. The average Bonchev–Trinajstić information content (AvgIpc) is 3.41. The van der Waals surface area contributed by atoms with Crippen molar-refractivity contribution in [3.63, 3.8) is 0 Å². The van der Waals surface area contributed by atoms with Gasteiger partial charge in [0.1, 0.15) is 0 Å². The van der Waals surface area contributed by atoms with Crippen LogP contribution in [-0.4, -0.2) is 51.9 Å². The van der Waals surface area contributed by atoms with E-state index < -0.39 is 0 Å². The Morgan fingerprint density at radius 1 is 1.19 bits per heavy atom. The lowest BCUT2D eigenvalue weighted by atomic mass is 10.0. The molecule has 1 N–H and O–H groups in total. The van der Waals surface area contributed by atoms with Crippen LogP contribution in [0.25, 0.3) is 4.96 Å². The van der Waals surface area contributed by atoms with Crippen LogP contribution in [0.3, 0.4) is 0 Å². The van der Waals surface area contributed by atoms with E-state index >= 15 is 0 Å². The number of benzene rings is 1. The Hall–Kier alpha value is -2.32. The first-order chi connectivity index (χ1) is 13.2. The molecule has 0 bridgehead atoms. The Balaban J connectivity index is 1.82. The Bertz CT molecular complexity index is 946. The number of hydrogen-bond donors (Lipinski definition) is 1. The quantitative estimate of drug-likeness (QED) is 0.699. The SMILES string of the molecule is CCc1nc2sc([C@H](c3ccc(OC)c(OC)c3)N3CCCC3)c(O)n2n1. The van der Waals surface area contributed by atoms with E-state index in [0.29, 0.717) is 11.5 Å². The molecular formula is C19H24N4O3S. The second kappa shape index (κ2) is 7.36. The number of nitrogens with zero attached hydrogens (tertiary/aromatic N) is 4. The lowest BCUT2D eigenvalue weighted by Gasteiger charge is -2.27. The molecule has 1 fully saturated rings. The van der Waals surface area contributed by atoms with E-state index in [9.17, 15) is 5.11 Å². The molecule has 1 aliphatic heterocycles.